The Morgan fingerprint density at radius 2 is 2.09 bits per heavy atom. The van der Waals surface area contributed by atoms with E-state index in [4.69, 9.17) is 11.1 Å². The maximum Gasteiger partial charge on any atom is 0.0468 e. The predicted molar refractivity (Wildman–Crippen MR) is 95.2 cm³/mol. The van der Waals surface area contributed by atoms with Crippen LogP contribution in [0.2, 0.25) is 0 Å². The van der Waals surface area contributed by atoms with Crippen molar-refractivity contribution in [3.8, 4) is 0 Å². The van der Waals surface area contributed by atoms with Gasteiger partial charge in [0.15, 0.2) is 0 Å². The number of rotatable bonds is 3. The van der Waals surface area contributed by atoms with Crippen LogP contribution in [0.1, 0.15) is 58.8 Å². The molecule has 5 unspecified atom stereocenters. The van der Waals surface area contributed by atoms with Gasteiger partial charge in [-0.2, -0.15) is 0 Å². The lowest BCUT2D eigenvalue weighted by Gasteiger charge is -2.52. The van der Waals surface area contributed by atoms with Crippen molar-refractivity contribution in [1.82, 2.24) is 0 Å². The van der Waals surface area contributed by atoms with Gasteiger partial charge in [0.1, 0.15) is 0 Å². The van der Waals surface area contributed by atoms with E-state index < -0.39 is 0 Å². The van der Waals surface area contributed by atoms with E-state index in [1.54, 1.807) is 0 Å². The minimum Gasteiger partial charge on any atom is -0.402 e. The number of allylic oxidation sites excluding steroid dienone is 3. The Morgan fingerprint density at radius 1 is 1.35 bits per heavy atom. The highest BCUT2D eigenvalue weighted by molar-refractivity contribution is 5.77. The molecule has 2 saturated carbocycles. The van der Waals surface area contributed by atoms with Crippen LogP contribution in [-0.4, -0.2) is 17.9 Å². The molecule has 128 valence electrons. The fourth-order valence-electron chi connectivity index (χ4n) is 5.73. The molecule has 5 atom stereocenters. The van der Waals surface area contributed by atoms with Gasteiger partial charge in [0.05, 0.1) is 0 Å². The smallest absolute Gasteiger partial charge is 0.0468 e. The average molecular weight is 316 g/mol. The topological polar surface area (TPSA) is 70.1 Å². The van der Waals surface area contributed by atoms with Crippen molar-refractivity contribution in [2.75, 3.05) is 6.61 Å². The van der Waals surface area contributed by atoms with Gasteiger partial charge in [0.25, 0.3) is 0 Å². The summed E-state index contributed by atoms with van der Waals surface area (Å²) < 4.78 is 0. The monoisotopic (exact) mass is 316 g/mol. The van der Waals surface area contributed by atoms with Crippen LogP contribution in [0.3, 0.4) is 0 Å². The first-order chi connectivity index (χ1) is 10.8. The van der Waals surface area contributed by atoms with Crippen molar-refractivity contribution >= 4 is 6.21 Å². The van der Waals surface area contributed by atoms with Crippen molar-refractivity contribution in [2.24, 2.45) is 34.3 Å². The van der Waals surface area contributed by atoms with E-state index in [0.717, 1.165) is 30.0 Å². The second-order valence-corrected chi connectivity index (χ2v) is 8.69. The van der Waals surface area contributed by atoms with Crippen LogP contribution in [0.25, 0.3) is 0 Å². The first-order valence-electron chi connectivity index (χ1n) is 9.12. The summed E-state index contributed by atoms with van der Waals surface area (Å²) in [4.78, 5) is 0. The Hall–Kier alpha value is -1.09. The van der Waals surface area contributed by atoms with E-state index >= 15 is 0 Å². The molecule has 0 aromatic rings. The second kappa shape index (κ2) is 5.77. The minimum absolute atomic E-state index is 0.0652. The summed E-state index contributed by atoms with van der Waals surface area (Å²) in [5, 5.41) is 17.6. The van der Waals surface area contributed by atoms with Crippen LogP contribution in [-0.2, 0) is 0 Å². The molecule has 0 heterocycles. The molecule has 0 radical (unpaired) electrons. The van der Waals surface area contributed by atoms with Gasteiger partial charge < -0.3 is 16.2 Å². The van der Waals surface area contributed by atoms with E-state index in [1.165, 1.54) is 43.9 Å². The Labute approximate surface area is 140 Å². The third-order valence-electron chi connectivity index (χ3n) is 7.79. The number of fused-ring (bicyclic) bond motifs is 1. The number of aliphatic hydroxyl groups excluding tert-OH is 1. The van der Waals surface area contributed by atoms with Crippen LogP contribution >= 0.6 is 0 Å². The van der Waals surface area contributed by atoms with Gasteiger partial charge in [-0.3, -0.25) is 0 Å². The zero-order valence-electron chi connectivity index (χ0n) is 14.7. The molecule has 0 aromatic heterocycles. The SMILES string of the molecule is C=C1CCC2CC(C3(C)CC(C=N)=C(N)CC3CO)CCC12C. The van der Waals surface area contributed by atoms with E-state index in [2.05, 4.69) is 20.4 Å². The van der Waals surface area contributed by atoms with Gasteiger partial charge in [0, 0.05) is 18.5 Å². The zero-order valence-corrected chi connectivity index (χ0v) is 14.7. The van der Waals surface area contributed by atoms with Gasteiger partial charge >= 0.3 is 0 Å². The summed E-state index contributed by atoms with van der Waals surface area (Å²) in [6.07, 6.45) is 9.18. The Bertz CT molecular complexity index is 552. The van der Waals surface area contributed by atoms with Gasteiger partial charge in [-0.15, -0.1) is 0 Å². The zero-order chi connectivity index (χ0) is 16.8. The standard InChI is InChI=1S/C20H32N2O/c1-13-4-5-15-8-16(6-7-19(13,15)2)20(3)10-14(11-21)18(22)9-17(20)12-23/h11,15-17,21,23H,1,4-10,12,22H2,2-3H3. The molecule has 3 nitrogen and oxygen atoms in total. The number of nitrogens with one attached hydrogen (secondary N) is 1. The largest absolute Gasteiger partial charge is 0.402 e. The molecule has 0 bridgehead atoms. The molecular weight excluding hydrogens is 284 g/mol. The molecule has 4 N–H and O–H groups in total. The summed E-state index contributed by atoms with van der Waals surface area (Å²) in [6.45, 7) is 9.29. The fourth-order valence-corrected chi connectivity index (χ4v) is 5.73. The van der Waals surface area contributed by atoms with Crippen molar-refractivity contribution in [3.05, 3.63) is 23.4 Å². The van der Waals surface area contributed by atoms with E-state index in [9.17, 15) is 5.11 Å². The van der Waals surface area contributed by atoms with Gasteiger partial charge in [-0.05, 0) is 79.1 Å². The Kier molecular flexibility index (Phi) is 4.20. The normalized spacial score (nSPS) is 44.3. The highest BCUT2D eigenvalue weighted by Crippen LogP contribution is 2.61. The third-order valence-corrected chi connectivity index (χ3v) is 7.79. The van der Waals surface area contributed by atoms with Gasteiger partial charge in [-0.25, -0.2) is 0 Å². The average Bonchev–Trinajstić information content (AvgIpc) is 2.84. The lowest BCUT2D eigenvalue weighted by molar-refractivity contribution is -0.0113. The molecule has 0 amide bonds. The molecule has 0 aromatic carbocycles. The number of hydrogen-bond donors (Lipinski definition) is 3. The lowest BCUT2D eigenvalue weighted by atomic mass is 9.53. The molecule has 0 spiro atoms. The second-order valence-electron chi connectivity index (χ2n) is 8.69. The molecular formula is C20H32N2O. The molecule has 0 aliphatic heterocycles. The number of hydrogen-bond acceptors (Lipinski definition) is 3. The molecule has 2 fully saturated rings. The molecule has 23 heavy (non-hydrogen) atoms. The summed E-state index contributed by atoms with van der Waals surface area (Å²) in [5.41, 5.74) is 9.80. The van der Waals surface area contributed by atoms with E-state index in [1.807, 2.05) is 0 Å². The highest BCUT2D eigenvalue weighted by Gasteiger charge is 2.51. The fraction of sp³-hybridized carbons (Fsp3) is 0.750. The summed E-state index contributed by atoms with van der Waals surface area (Å²) in [7, 11) is 0. The van der Waals surface area contributed by atoms with Crippen LogP contribution < -0.4 is 5.73 Å². The molecule has 3 aliphatic carbocycles. The van der Waals surface area contributed by atoms with Gasteiger partial charge in [-0.1, -0.05) is 26.0 Å². The number of aliphatic hydroxyl groups is 1. The maximum absolute atomic E-state index is 9.96. The van der Waals surface area contributed by atoms with Gasteiger partial charge in [0.2, 0.25) is 0 Å². The summed E-state index contributed by atoms with van der Waals surface area (Å²) in [6, 6.07) is 0. The minimum atomic E-state index is 0.0652. The summed E-state index contributed by atoms with van der Waals surface area (Å²) in [5.74, 6) is 1.59. The lowest BCUT2D eigenvalue weighted by Crippen LogP contribution is -2.45. The van der Waals surface area contributed by atoms with Crippen molar-refractivity contribution in [3.63, 3.8) is 0 Å². The quantitative estimate of drug-likeness (QED) is 0.543. The Balaban J connectivity index is 1.85. The first kappa shape index (κ1) is 16.8. The highest BCUT2D eigenvalue weighted by atomic mass is 16.3. The molecule has 3 rings (SSSR count). The van der Waals surface area contributed by atoms with Crippen molar-refractivity contribution in [1.29, 1.82) is 5.41 Å². The van der Waals surface area contributed by atoms with Crippen molar-refractivity contribution in [2.45, 2.75) is 58.8 Å². The molecule has 3 aliphatic rings. The van der Waals surface area contributed by atoms with E-state index in [0.29, 0.717) is 11.3 Å². The summed E-state index contributed by atoms with van der Waals surface area (Å²) >= 11 is 0. The Morgan fingerprint density at radius 3 is 2.74 bits per heavy atom. The van der Waals surface area contributed by atoms with Crippen LogP contribution in [0.15, 0.2) is 23.4 Å². The maximum atomic E-state index is 9.96. The van der Waals surface area contributed by atoms with E-state index in [-0.39, 0.29) is 17.9 Å². The van der Waals surface area contributed by atoms with Crippen LogP contribution in [0.4, 0.5) is 0 Å². The van der Waals surface area contributed by atoms with Crippen LogP contribution in [0, 0.1) is 34.0 Å². The number of nitrogens with two attached hydrogens (primary N) is 1. The van der Waals surface area contributed by atoms with Crippen molar-refractivity contribution < 1.29 is 5.11 Å². The predicted octanol–water partition coefficient (Wildman–Crippen LogP) is 4.03. The molecule has 3 heteroatoms. The first-order valence-corrected chi connectivity index (χ1v) is 9.12. The van der Waals surface area contributed by atoms with Crippen LogP contribution in [0.5, 0.6) is 0 Å². The third kappa shape index (κ3) is 2.48. The molecule has 0 saturated heterocycles.